The Kier molecular flexibility index (Phi) is 3.17. The van der Waals surface area contributed by atoms with E-state index < -0.39 is 0 Å². The van der Waals surface area contributed by atoms with Crippen LogP contribution in [0, 0.1) is 5.92 Å². The first kappa shape index (κ1) is 11.2. The molecule has 2 heteroatoms. The van der Waals surface area contributed by atoms with Crippen LogP contribution in [0.4, 0.5) is 0 Å². The predicted octanol–water partition coefficient (Wildman–Crippen LogP) is 3.83. The normalized spacial score (nSPS) is 17.5. The molecular weight excluding hydrogens is 226 g/mol. The Morgan fingerprint density at radius 2 is 2.18 bits per heavy atom. The smallest absolute Gasteiger partial charge is 0.0345 e. The van der Waals surface area contributed by atoms with E-state index in [1.807, 2.05) is 11.3 Å². The SMILES string of the molecule is CCNC(Cc1csc2ccccc12)C1CC1. The van der Waals surface area contributed by atoms with E-state index in [0.717, 1.165) is 12.5 Å². The van der Waals surface area contributed by atoms with Gasteiger partial charge in [0.25, 0.3) is 0 Å². The Bertz CT molecular complexity index is 498. The van der Waals surface area contributed by atoms with Crippen LogP contribution in [0.1, 0.15) is 25.3 Å². The maximum Gasteiger partial charge on any atom is 0.0345 e. The van der Waals surface area contributed by atoms with Gasteiger partial charge in [-0.1, -0.05) is 25.1 Å². The molecule has 17 heavy (non-hydrogen) atoms. The third-order valence-electron chi connectivity index (χ3n) is 3.66. The van der Waals surface area contributed by atoms with Crippen molar-refractivity contribution in [2.45, 2.75) is 32.2 Å². The Labute approximate surface area is 107 Å². The summed E-state index contributed by atoms with van der Waals surface area (Å²) in [5.74, 6) is 0.925. The molecule has 90 valence electrons. The third kappa shape index (κ3) is 2.38. The van der Waals surface area contributed by atoms with Crippen molar-refractivity contribution >= 4 is 21.4 Å². The highest BCUT2D eigenvalue weighted by Gasteiger charge is 2.30. The Morgan fingerprint density at radius 1 is 1.35 bits per heavy atom. The van der Waals surface area contributed by atoms with Crippen LogP contribution >= 0.6 is 11.3 Å². The molecule has 0 amide bonds. The fourth-order valence-electron chi connectivity index (χ4n) is 2.59. The van der Waals surface area contributed by atoms with Gasteiger partial charge in [-0.15, -0.1) is 11.3 Å². The molecule has 1 saturated carbocycles. The molecule has 3 rings (SSSR count). The lowest BCUT2D eigenvalue weighted by Gasteiger charge is -2.16. The number of likely N-dealkylation sites (N-methyl/N-ethyl adjacent to an activating group) is 1. The molecule has 0 bridgehead atoms. The summed E-state index contributed by atoms with van der Waals surface area (Å²) in [6, 6.07) is 9.46. The van der Waals surface area contributed by atoms with Crippen LogP contribution in [0.3, 0.4) is 0 Å². The van der Waals surface area contributed by atoms with Gasteiger partial charge < -0.3 is 5.32 Å². The summed E-state index contributed by atoms with van der Waals surface area (Å²) in [5, 5.41) is 7.46. The van der Waals surface area contributed by atoms with Crippen molar-refractivity contribution in [2.24, 2.45) is 5.92 Å². The molecule has 1 heterocycles. The quantitative estimate of drug-likeness (QED) is 0.844. The van der Waals surface area contributed by atoms with Crippen LogP contribution in [0.2, 0.25) is 0 Å². The average molecular weight is 245 g/mol. The van der Waals surface area contributed by atoms with Gasteiger partial charge >= 0.3 is 0 Å². The molecule has 1 aliphatic carbocycles. The average Bonchev–Trinajstić information content (AvgIpc) is 3.12. The van der Waals surface area contributed by atoms with Crippen molar-refractivity contribution in [2.75, 3.05) is 6.54 Å². The van der Waals surface area contributed by atoms with Crippen molar-refractivity contribution in [3.63, 3.8) is 0 Å². The standard InChI is InChI=1S/C15H19NS/c1-2-16-14(11-7-8-11)9-12-10-17-15-6-4-3-5-13(12)15/h3-6,10-11,14,16H,2,7-9H2,1H3. The van der Waals surface area contributed by atoms with E-state index in [1.54, 1.807) is 0 Å². The molecule has 1 aliphatic rings. The predicted molar refractivity (Wildman–Crippen MR) is 75.7 cm³/mol. The van der Waals surface area contributed by atoms with E-state index in [1.165, 1.54) is 34.9 Å². The van der Waals surface area contributed by atoms with Crippen molar-refractivity contribution in [3.8, 4) is 0 Å². The number of nitrogens with one attached hydrogen (secondary N) is 1. The van der Waals surface area contributed by atoms with Crippen LogP contribution in [-0.2, 0) is 6.42 Å². The minimum absolute atomic E-state index is 0.693. The first-order valence-electron chi connectivity index (χ1n) is 6.57. The first-order chi connectivity index (χ1) is 8.38. The number of hydrogen-bond acceptors (Lipinski definition) is 2. The summed E-state index contributed by atoms with van der Waals surface area (Å²) in [6.07, 6.45) is 4.03. The number of rotatable bonds is 5. The molecule has 2 aromatic rings. The summed E-state index contributed by atoms with van der Waals surface area (Å²) < 4.78 is 1.42. The molecule has 1 aromatic carbocycles. The van der Waals surface area contributed by atoms with E-state index in [2.05, 4.69) is 41.9 Å². The van der Waals surface area contributed by atoms with E-state index >= 15 is 0 Å². The van der Waals surface area contributed by atoms with Crippen LogP contribution < -0.4 is 5.32 Å². The summed E-state index contributed by atoms with van der Waals surface area (Å²) in [6.45, 7) is 3.30. The van der Waals surface area contributed by atoms with Crippen molar-refractivity contribution in [1.82, 2.24) is 5.32 Å². The van der Waals surface area contributed by atoms with E-state index in [0.29, 0.717) is 6.04 Å². The summed E-state index contributed by atoms with van der Waals surface area (Å²) in [7, 11) is 0. The zero-order valence-electron chi connectivity index (χ0n) is 10.3. The highest BCUT2D eigenvalue weighted by Crippen LogP contribution is 2.36. The number of hydrogen-bond donors (Lipinski definition) is 1. The zero-order valence-corrected chi connectivity index (χ0v) is 11.1. The molecular formula is C15H19NS. The molecule has 1 fully saturated rings. The Balaban J connectivity index is 1.83. The van der Waals surface area contributed by atoms with Crippen molar-refractivity contribution in [3.05, 3.63) is 35.2 Å². The largest absolute Gasteiger partial charge is 0.314 e. The third-order valence-corrected chi connectivity index (χ3v) is 4.67. The van der Waals surface area contributed by atoms with Gasteiger partial charge in [-0.2, -0.15) is 0 Å². The van der Waals surface area contributed by atoms with Gasteiger partial charge in [0.2, 0.25) is 0 Å². The van der Waals surface area contributed by atoms with Crippen LogP contribution in [0.15, 0.2) is 29.6 Å². The van der Waals surface area contributed by atoms with Gasteiger partial charge in [-0.3, -0.25) is 0 Å². The summed E-state index contributed by atoms with van der Waals surface area (Å²) >= 11 is 1.88. The van der Waals surface area contributed by atoms with E-state index in [9.17, 15) is 0 Å². The second kappa shape index (κ2) is 4.79. The highest BCUT2D eigenvalue weighted by molar-refractivity contribution is 7.17. The van der Waals surface area contributed by atoms with Crippen LogP contribution in [0.25, 0.3) is 10.1 Å². The lowest BCUT2D eigenvalue weighted by Crippen LogP contribution is -2.32. The first-order valence-corrected chi connectivity index (χ1v) is 7.45. The van der Waals surface area contributed by atoms with E-state index in [-0.39, 0.29) is 0 Å². The van der Waals surface area contributed by atoms with Gasteiger partial charge in [0, 0.05) is 10.7 Å². The molecule has 1 aromatic heterocycles. The summed E-state index contributed by atoms with van der Waals surface area (Å²) in [5.41, 5.74) is 1.53. The van der Waals surface area contributed by atoms with Gasteiger partial charge in [0.1, 0.15) is 0 Å². The molecule has 0 aliphatic heterocycles. The zero-order chi connectivity index (χ0) is 11.7. The van der Waals surface area contributed by atoms with Crippen LogP contribution in [-0.4, -0.2) is 12.6 Å². The minimum atomic E-state index is 0.693. The molecule has 0 radical (unpaired) electrons. The topological polar surface area (TPSA) is 12.0 Å². The fraction of sp³-hybridized carbons (Fsp3) is 0.467. The lowest BCUT2D eigenvalue weighted by atomic mass is 10.0. The summed E-state index contributed by atoms with van der Waals surface area (Å²) in [4.78, 5) is 0. The number of benzene rings is 1. The monoisotopic (exact) mass is 245 g/mol. The molecule has 1 atom stereocenters. The number of thiophene rings is 1. The Morgan fingerprint density at radius 3 is 2.94 bits per heavy atom. The molecule has 0 saturated heterocycles. The van der Waals surface area contributed by atoms with Crippen molar-refractivity contribution in [1.29, 1.82) is 0 Å². The highest BCUT2D eigenvalue weighted by atomic mass is 32.1. The van der Waals surface area contributed by atoms with Crippen molar-refractivity contribution < 1.29 is 0 Å². The van der Waals surface area contributed by atoms with Gasteiger partial charge in [0.05, 0.1) is 0 Å². The fourth-order valence-corrected chi connectivity index (χ4v) is 3.57. The van der Waals surface area contributed by atoms with Gasteiger partial charge in [0.15, 0.2) is 0 Å². The van der Waals surface area contributed by atoms with Gasteiger partial charge in [-0.05, 0) is 54.1 Å². The second-order valence-corrected chi connectivity index (χ2v) is 5.87. The van der Waals surface area contributed by atoms with E-state index in [4.69, 9.17) is 0 Å². The second-order valence-electron chi connectivity index (χ2n) is 4.96. The van der Waals surface area contributed by atoms with Crippen LogP contribution in [0.5, 0.6) is 0 Å². The number of fused-ring (bicyclic) bond motifs is 1. The lowest BCUT2D eigenvalue weighted by molar-refractivity contribution is 0.474. The minimum Gasteiger partial charge on any atom is -0.314 e. The maximum atomic E-state index is 3.65. The molecule has 0 spiro atoms. The molecule has 1 nitrogen and oxygen atoms in total. The molecule has 1 unspecified atom stereocenters. The molecule has 1 N–H and O–H groups in total. The van der Waals surface area contributed by atoms with Gasteiger partial charge in [-0.25, -0.2) is 0 Å². The Hall–Kier alpha value is -0.860. The maximum absolute atomic E-state index is 3.65.